The number of benzene rings is 1. The van der Waals surface area contributed by atoms with Gasteiger partial charge in [-0.3, -0.25) is 0 Å². The zero-order valence-corrected chi connectivity index (χ0v) is 16.6. The van der Waals surface area contributed by atoms with E-state index in [9.17, 15) is 0 Å². The summed E-state index contributed by atoms with van der Waals surface area (Å²) in [6.07, 6.45) is 0.930. The monoisotopic (exact) mass is 376 g/mol. The van der Waals surface area contributed by atoms with Crippen molar-refractivity contribution in [1.82, 2.24) is 25.4 Å². The number of aryl methyl sites for hydroxylation is 1. The molecule has 0 saturated heterocycles. The maximum Gasteiger partial charge on any atom is 0.191 e. The van der Waals surface area contributed by atoms with Crippen molar-refractivity contribution in [2.45, 2.75) is 24.8 Å². The van der Waals surface area contributed by atoms with Crippen LogP contribution >= 0.6 is 11.8 Å². The van der Waals surface area contributed by atoms with E-state index in [0.29, 0.717) is 6.54 Å². The van der Waals surface area contributed by atoms with Crippen LogP contribution < -0.4 is 10.6 Å². The normalized spacial score (nSPS) is 11.6. The maximum absolute atomic E-state index is 5.09. The zero-order valence-electron chi connectivity index (χ0n) is 15.7. The van der Waals surface area contributed by atoms with Crippen LogP contribution in [0.25, 0.3) is 0 Å². The highest BCUT2D eigenvalue weighted by Crippen LogP contribution is 2.15. The molecule has 0 fully saturated rings. The van der Waals surface area contributed by atoms with Gasteiger partial charge in [0, 0.05) is 44.5 Å². The number of aliphatic imine (C=N–C) groups is 1. The lowest BCUT2D eigenvalue weighted by atomic mass is 10.4. The molecule has 0 unspecified atom stereocenters. The Hall–Kier alpha value is -2.06. The van der Waals surface area contributed by atoms with Gasteiger partial charge in [0.25, 0.3) is 0 Å². The summed E-state index contributed by atoms with van der Waals surface area (Å²) in [4.78, 5) is 5.90. The van der Waals surface area contributed by atoms with E-state index in [0.717, 1.165) is 49.5 Å². The Morgan fingerprint density at radius 3 is 2.65 bits per heavy atom. The van der Waals surface area contributed by atoms with Gasteiger partial charge in [-0.15, -0.1) is 22.0 Å². The van der Waals surface area contributed by atoms with Crippen molar-refractivity contribution in [3.05, 3.63) is 42.0 Å². The average molecular weight is 377 g/mol. The van der Waals surface area contributed by atoms with E-state index in [1.165, 1.54) is 4.90 Å². The number of methoxy groups -OCH3 is 1. The molecule has 0 aliphatic rings. The number of ether oxygens (including phenoxy) is 1. The van der Waals surface area contributed by atoms with E-state index in [1.807, 2.05) is 36.4 Å². The molecule has 0 radical (unpaired) electrons. The van der Waals surface area contributed by atoms with Gasteiger partial charge in [0.2, 0.25) is 0 Å². The van der Waals surface area contributed by atoms with Crippen LogP contribution in [0.15, 0.2) is 40.2 Å². The molecular formula is C18H28N6OS. The Kier molecular flexibility index (Phi) is 8.99. The number of aromatic nitrogens is 3. The summed E-state index contributed by atoms with van der Waals surface area (Å²) in [6.45, 7) is 4.79. The van der Waals surface area contributed by atoms with Crippen molar-refractivity contribution in [3.8, 4) is 0 Å². The number of rotatable bonds is 10. The third-order valence-corrected chi connectivity index (χ3v) is 4.80. The molecule has 0 saturated carbocycles. The van der Waals surface area contributed by atoms with Crippen molar-refractivity contribution in [3.63, 3.8) is 0 Å². The highest BCUT2D eigenvalue weighted by molar-refractivity contribution is 7.99. The first-order valence-corrected chi connectivity index (χ1v) is 9.73. The summed E-state index contributed by atoms with van der Waals surface area (Å²) in [5, 5.41) is 15.0. The second-order valence-electron chi connectivity index (χ2n) is 5.75. The molecule has 1 heterocycles. The summed E-state index contributed by atoms with van der Waals surface area (Å²) >= 11 is 1.82. The number of nitrogens with zero attached hydrogens (tertiary/aromatic N) is 4. The molecule has 0 bridgehead atoms. The van der Waals surface area contributed by atoms with Gasteiger partial charge < -0.3 is 19.9 Å². The molecule has 0 spiro atoms. The molecular weight excluding hydrogens is 348 g/mol. The predicted octanol–water partition coefficient (Wildman–Crippen LogP) is 1.99. The third-order valence-electron chi connectivity index (χ3n) is 3.79. The van der Waals surface area contributed by atoms with Gasteiger partial charge >= 0.3 is 0 Å². The number of nitrogens with one attached hydrogen (secondary N) is 2. The molecule has 26 heavy (non-hydrogen) atoms. The quantitative estimate of drug-likeness (QED) is 0.286. The largest absolute Gasteiger partial charge is 0.385 e. The first kappa shape index (κ1) is 20.3. The van der Waals surface area contributed by atoms with E-state index in [2.05, 4.69) is 50.1 Å². The lowest BCUT2D eigenvalue weighted by Gasteiger charge is -2.12. The Morgan fingerprint density at radius 1 is 1.19 bits per heavy atom. The SMILES string of the molecule is COCCCNC(=NCc1nnc(C)n1C)NCCSc1ccccc1. The fourth-order valence-electron chi connectivity index (χ4n) is 2.19. The Labute approximate surface area is 159 Å². The van der Waals surface area contributed by atoms with Gasteiger partial charge in [-0.05, 0) is 25.5 Å². The van der Waals surface area contributed by atoms with Crippen LogP contribution in [0.1, 0.15) is 18.1 Å². The van der Waals surface area contributed by atoms with Crippen LogP contribution in [-0.4, -0.2) is 53.3 Å². The molecule has 0 aliphatic carbocycles. The topological polar surface area (TPSA) is 76.4 Å². The Bertz CT molecular complexity index is 674. The van der Waals surface area contributed by atoms with Gasteiger partial charge in [0.1, 0.15) is 12.4 Å². The van der Waals surface area contributed by atoms with Crippen molar-refractivity contribution < 1.29 is 4.74 Å². The summed E-state index contributed by atoms with van der Waals surface area (Å²) in [6, 6.07) is 10.4. The van der Waals surface area contributed by atoms with E-state index < -0.39 is 0 Å². The summed E-state index contributed by atoms with van der Waals surface area (Å²) < 4.78 is 7.05. The van der Waals surface area contributed by atoms with Crippen LogP contribution in [0.5, 0.6) is 0 Å². The van der Waals surface area contributed by atoms with E-state index in [4.69, 9.17) is 4.74 Å². The number of hydrogen-bond donors (Lipinski definition) is 2. The van der Waals surface area contributed by atoms with Crippen LogP contribution in [0.3, 0.4) is 0 Å². The molecule has 1 aromatic carbocycles. The van der Waals surface area contributed by atoms with Crippen molar-refractivity contribution in [1.29, 1.82) is 0 Å². The van der Waals surface area contributed by atoms with Crippen LogP contribution in [-0.2, 0) is 18.3 Å². The molecule has 142 valence electrons. The van der Waals surface area contributed by atoms with Crippen molar-refractivity contribution >= 4 is 17.7 Å². The summed E-state index contributed by atoms with van der Waals surface area (Å²) in [7, 11) is 3.67. The molecule has 1 aromatic heterocycles. The lowest BCUT2D eigenvalue weighted by Crippen LogP contribution is -2.39. The predicted molar refractivity (Wildman–Crippen MR) is 107 cm³/mol. The average Bonchev–Trinajstić information content (AvgIpc) is 2.98. The van der Waals surface area contributed by atoms with Crippen LogP contribution in [0, 0.1) is 6.92 Å². The van der Waals surface area contributed by atoms with Gasteiger partial charge in [-0.25, -0.2) is 4.99 Å². The maximum atomic E-state index is 5.09. The fraction of sp³-hybridized carbons (Fsp3) is 0.500. The zero-order chi connectivity index (χ0) is 18.6. The summed E-state index contributed by atoms with van der Waals surface area (Å²) in [5.41, 5.74) is 0. The summed E-state index contributed by atoms with van der Waals surface area (Å²) in [5.74, 6) is 3.48. The van der Waals surface area contributed by atoms with Crippen LogP contribution in [0.2, 0.25) is 0 Å². The number of thioether (sulfide) groups is 1. The fourth-order valence-corrected chi connectivity index (χ4v) is 2.98. The van der Waals surface area contributed by atoms with Gasteiger partial charge in [0.15, 0.2) is 11.8 Å². The Balaban J connectivity index is 1.83. The minimum atomic E-state index is 0.489. The standard InChI is InChI=1S/C18H28N6OS/c1-15-22-23-17(24(15)2)14-21-18(19-10-7-12-25-3)20-11-13-26-16-8-5-4-6-9-16/h4-6,8-9H,7,10-14H2,1-3H3,(H2,19,20,21). The first-order chi connectivity index (χ1) is 12.7. The van der Waals surface area contributed by atoms with E-state index in [-0.39, 0.29) is 0 Å². The number of guanidine groups is 1. The smallest absolute Gasteiger partial charge is 0.191 e. The van der Waals surface area contributed by atoms with Crippen molar-refractivity contribution in [2.75, 3.05) is 32.6 Å². The van der Waals surface area contributed by atoms with Crippen LogP contribution in [0.4, 0.5) is 0 Å². The first-order valence-electron chi connectivity index (χ1n) is 8.74. The molecule has 8 heteroatoms. The molecule has 2 aromatic rings. The van der Waals surface area contributed by atoms with Gasteiger partial charge in [0.05, 0.1) is 0 Å². The molecule has 0 aliphatic heterocycles. The van der Waals surface area contributed by atoms with E-state index >= 15 is 0 Å². The molecule has 7 nitrogen and oxygen atoms in total. The molecule has 2 rings (SSSR count). The molecule has 0 atom stereocenters. The minimum absolute atomic E-state index is 0.489. The highest BCUT2D eigenvalue weighted by atomic mass is 32.2. The lowest BCUT2D eigenvalue weighted by molar-refractivity contribution is 0.195. The molecule has 2 N–H and O–H groups in total. The third kappa shape index (κ3) is 7.05. The molecule has 0 amide bonds. The minimum Gasteiger partial charge on any atom is -0.385 e. The highest BCUT2D eigenvalue weighted by Gasteiger charge is 2.05. The van der Waals surface area contributed by atoms with Gasteiger partial charge in [-0.2, -0.15) is 0 Å². The van der Waals surface area contributed by atoms with Crippen molar-refractivity contribution in [2.24, 2.45) is 12.0 Å². The number of hydrogen-bond acceptors (Lipinski definition) is 5. The second kappa shape index (κ2) is 11.5. The second-order valence-corrected chi connectivity index (χ2v) is 6.92. The van der Waals surface area contributed by atoms with E-state index in [1.54, 1.807) is 7.11 Å². The Morgan fingerprint density at radius 2 is 1.96 bits per heavy atom. The van der Waals surface area contributed by atoms with Gasteiger partial charge in [-0.1, -0.05) is 18.2 Å².